The second kappa shape index (κ2) is 20.7. The lowest BCUT2D eigenvalue weighted by Crippen LogP contribution is -2.18. The van der Waals surface area contributed by atoms with Gasteiger partial charge >= 0.3 is 0 Å². The molecular formula is C88H48N10. The van der Waals surface area contributed by atoms with Crippen LogP contribution in [0, 0.1) is 45.3 Å². The Bertz CT molecular complexity index is 6070. The number of fused-ring (bicyclic) bond motifs is 18. The van der Waals surface area contributed by atoms with Gasteiger partial charge in [-0.3, -0.25) is 0 Å². The average molecular weight is 1250 g/mol. The van der Waals surface area contributed by atoms with Crippen molar-refractivity contribution in [2.45, 2.75) is 0 Å². The molecule has 20 rings (SSSR count). The van der Waals surface area contributed by atoms with E-state index in [9.17, 15) is 21.0 Å². The Hall–Kier alpha value is -14.2. The largest absolute Gasteiger partial charge is 0.306 e. The smallest absolute Gasteiger partial charge is 0.102 e. The monoisotopic (exact) mass is 1240 g/mol. The zero-order chi connectivity index (χ0) is 65.0. The Labute approximate surface area is 559 Å². The Morgan fingerprint density at radius 1 is 0.153 bits per heavy atom. The molecule has 14 aromatic carbocycles. The standard InChI is InChI=1S/C88H48N10/c89-49-65-81(66(50-90)84(94-71-39-15-3-27-55(71)56-28-4-16-40-72(56)94)87(97-77-45-21-9-33-61(77)62-34-10-22-46-78(62)97)83(65)93-69-37-13-1-25-53(69)54-26-2-14-38-70(54)93)82-67(51-91)85(95-73-41-17-5-29-57(73)58-30-6-18-42-74(58)95)88(98-79-47-23-11-35-63(79)64-36-12-24-48-80(64)98)86(68(82)52-92)96-75-43-19-7-31-59(75)60-32-8-20-44-76(60)96/h1-48H. The third-order valence-electron chi connectivity index (χ3n) is 20.4. The highest BCUT2D eigenvalue weighted by molar-refractivity contribution is 6.19. The number of rotatable bonds is 7. The quantitative estimate of drug-likeness (QED) is 0.158. The fourth-order valence-corrected chi connectivity index (χ4v) is 16.6. The van der Waals surface area contributed by atoms with Crippen molar-refractivity contribution in [1.82, 2.24) is 27.4 Å². The number of aromatic nitrogens is 6. The summed E-state index contributed by atoms with van der Waals surface area (Å²) in [6, 6.07) is 111. The first-order valence-electron chi connectivity index (χ1n) is 32.6. The van der Waals surface area contributed by atoms with Crippen LogP contribution in [0.1, 0.15) is 22.3 Å². The summed E-state index contributed by atoms with van der Waals surface area (Å²) in [7, 11) is 0. The van der Waals surface area contributed by atoms with Crippen molar-refractivity contribution in [3.8, 4) is 69.5 Å². The van der Waals surface area contributed by atoms with E-state index in [1.54, 1.807) is 0 Å². The first-order chi connectivity index (χ1) is 48.6. The number of para-hydroxylation sites is 12. The highest BCUT2D eigenvalue weighted by Gasteiger charge is 2.39. The molecule has 0 unspecified atom stereocenters. The molecule has 0 aliphatic rings. The van der Waals surface area contributed by atoms with Crippen molar-refractivity contribution >= 4 is 131 Å². The van der Waals surface area contributed by atoms with Crippen molar-refractivity contribution < 1.29 is 0 Å². The molecule has 0 atom stereocenters. The first-order valence-corrected chi connectivity index (χ1v) is 32.6. The Morgan fingerprint density at radius 3 is 0.388 bits per heavy atom. The van der Waals surface area contributed by atoms with Crippen molar-refractivity contribution in [1.29, 1.82) is 21.0 Å². The fraction of sp³-hybridized carbons (Fsp3) is 0. The summed E-state index contributed by atoms with van der Waals surface area (Å²) in [6.45, 7) is 0. The molecule has 0 aliphatic heterocycles. The van der Waals surface area contributed by atoms with E-state index in [1.165, 1.54) is 0 Å². The number of benzene rings is 14. The minimum absolute atomic E-state index is 0.0772. The van der Waals surface area contributed by atoms with E-state index in [4.69, 9.17) is 0 Å². The molecule has 0 saturated carbocycles. The van der Waals surface area contributed by atoms with Crippen molar-refractivity contribution in [3.05, 3.63) is 313 Å². The van der Waals surface area contributed by atoms with Gasteiger partial charge < -0.3 is 27.4 Å². The third-order valence-corrected chi connectivity index (χ3v) is 20.4. The lowest BCUT2D eigenvalue weighted by atomic mass is 9.83. The summed E-state index contributed by atoms with van der Waals surface area (Å²) < 4.78 is 13.2. The van der Waals surface area contributed by atoms with E-state index >= 15 is 0 Å². The van der Waals surface area contributed by atoms with E-state index in [0.29, 0.717) is 34.1 Å². The van der Waals surface area contributed by atoms with Crippen LogP contribution in [0.5, 0.6) is 0 Å². The number of hydrogen-bond acceptors (Lipinski definition) is 4. The van der Waals surface area contributed by atoms with Crippen molar-refractivity contribution in [3.63, 3.8) is 0 Å². The third kappa shape index (κ3) is 7.13. The zero-order valence-electron chi connectivity index (χ0n) is 52.2. The van der Waals surface area contributed by atoms with E-state index < -0.39 is 0 Å². The van der Waals surface area contributed by atoms with Crippen LogP contribution >= 0.6 is 0 Å². The van der Waals surface area contributed by atoms with Gasteiger partial charge in [0.1, 0.15) is 24.3 Å². The minimum Gasteiger partial charge on any atom is -0.306 e. The number of nitriles is 4. The normalized spacial score (nSPS) is 11.8. The zero-order valence-corrected chi connectivity index (χ0v) is 52.2. The van der Waals surface area contributed by atoms with Gasteiger partial charge in [-0.25, -0.2) is 0 Å². The number of hydrogen-bond donors (Lipinski definition) is 0. The summed E-state index contributed by atoms with van der Waals surface area (Å²) in [6.07, 6.45) is 0. The summed E-state index contributed by atoms with van der Waals surface area (Å²) in [4.78, 5) is 0. The molecule has 0 aliphatic carbocycles. The summed E-state index contributed by atoms with van der Waals surface area (Å²) in [5, 5.41) is 64.6. The van der Waals surface area contributed by atoms with E-state index in [2.05, 4.69) is 197 Å². The molecule has 0 radical (unpaired) electrons. The maximum atomic E-state index is 13.3. The highest BCUT2D eigenvalue weighted by Crippen LogP contribution is 2.54. The van der Waals surface area contributed by atoms with Gasteiger partial charge in [0.15, 0.2) is 0 Å². The van der Waals surface area contributed by atoms with Crippen molar-refractivity contribution in [2.75, 3.05) is 0 Å². The minimum atomic E-state index is 0.0772. The molecule has 0 fully saturated rings. The van der Waals surface area contributed by atoms with Crippen LogP contribution in [-0.2, 0) is 0 Å². The van der Waals surface area contributed by atoms with Crippen LogP contribution in [0.4, 0.5) is 0 Å². The molecule has 0 N–H and O–H groups in total. The van der Waals surface area contributed by atoms with Gasteiger partial charge in [-0.2, -0.15) is 21.0 Å². The SMILES string of the molecule is N#Cc1c(-c2c(C#N)c(-n3c4ccccc4c4ccccc43)c(-n3c4ccccc4c4ccccc43)c(-n3c4ccccc4c4ccccc43)c2C#N)c(C#N)c(-n2c3ccccc3c3ccccc32)c(-n2c3ccccc3c3ccccc32)c1-n1c2ccccc2c2ccccc21. The van der Waals surface area contributed by atoms with Gasteiger partial charge in [-0.1, -0.05) is 218 Å². The molecule has 6 aromatic heterocycles. The van der Waals surface area contributed by atoms with Gasteiger partial charge in [0, 0.05) is 75.8 Å². The van der Waals surface area contributed by atoms with E-state index in [1.807, 2.05) is 146 Å². The first kappa shape index (κ1) is 54.4. The molecule has 0 amide bonds. The lowest BCUT2D eigenvalue weighted by molar-refractivity contribution is 1.03. The summed E-state index contributed by atoms with van der Waals surface area (Å²) in [5.41, 5.74) is 13.2. The van der Waals surface area contributed by atoms with Crippen LogP contribution < -0.4 is 0 Å². The summed E-state index contributed by atoms with van der Waals surface area (Å²) in [5.74, 6) is 0. The molecule has 98 heavy (non-hydrogen) atoms. The molecule has 10 heteroatoms. The number of nitrogens with zero attached hydrogens (tertiary/aromatic N) is 10. The Balaban J connectivity index is 1.13. The predicted molar refractivity (Wildman–Crippen MR) is 397 cm³/mol. The van der Waals surface area contributed by atoms with Crippen LogP contribution in [0.15, 0.2) is 291 Å². The molecule has 0 spiro atoms. The average Bonchev–Trinajstić information content (AvgIpc) is 1.36. The van der Waals surface area contributed by atoms with Gasteiger partial charge in [-0.05, 0) is 72.8 Å². The van der Waals surface area contributed by atoms with Gasteiger partial charge in [0.2, 0.25) is 0 Å². The lowest BCUT2D eigenvalue weighted by Gasteiger charge is -2.29. The van der Waals surface area contributed by atoms with E-state index in [0.717, 1.165) is 131 Å². The Morgan fingerprint density at radius 2 is 0.265 bits per heavy atom. The van der Waals surface area contributed by atoms with Crippen LogP contribution in [0.25, 0.3) is 176 Å². The molecule has 10 nitrogen and oxygen atoms in total. The molecule has 20 aromatic rings. The van der Waals surface area contributed by atoms with Crippen molar-refractivity contribution in [2.24, 2.45) is 0 Å². The van der Waals surface area contributed by atoms with Crippen LogP contribution in [-0.4, -0.2) is 27.4 Å². The summed E-state index contributed by atoms with van der Waals surface area (Å²) >= 11 is 0. The fourth-order valence-electron chi connectivity index (χ4n) is 16.6. The maximum absolute atomic E-state index is 13.3. The molecule has 0 bridgehead atoms. The van der Waals surface area contributed by atoms with Gasteiger partial charge in [-0.15, -0.1) is 0 Å². The maximum Gasteiger partial charge on any atom is 0.102 e. The Kier molecular flexibility index (Phi) is 11.5. The molecule has 450 valence electrons. The molecule has 6 heterocycles. The van der Waals surface area contributed by atoms with Gasteiger partial charge in [0.25, 0.3) is 0 Å². The second-order valence-corrected chi connectivity index (χ2v) is 25.0. The second-order valence-electron chi connectivity index (χ2n) is 25.0. The highest BCUT2D eigenvalue weighted by atomic mass is 15.1. The van der Waals surface area contributed by atoms with Gasteiger partial charge in [0.05, 0.1) is 123 Å². The van der Waals surface area contributed by atoms with E-state index in [-0.39, 0.29) is 33.4 Å². The predicted octanol–water partition coefficient (Wildman–Crippen LogP) is 21.4. The molecule has 0 saturated heterocycles. The van der Waals surface area contributed by atoms with Crippen LogP contribution in [0.3, 0.4) is 0 Å². The molecular weight excluding hydrogens is 1200 g/mol. The van der Waals surface area contributed by atoms with Crippen LogP contribution in [0.2, 0.25) is 0 Å². The topological polar surface area (TPSA) is 125 Å².